The first-order chi connectivity index (χ1) is 8.78. The highest BCUT2D eigenvalue weighted by atomic mass is 79.9. The Morgan fingerprint density at radius 3 is 2.83 bits per heavy atom. The largest absolute Gasteiger partial charge is 0.229 e. The van der Waals surface area contributed by atoms with Crippen LogP contribution in [-0.4, -0.2) is 14.8 Å². The minimum atomic E-state index is 0.457. The summed E-state index contributed by atoms with van der Waals surface area (Å²) in [6.07, 6.45) is 3.60. The lowest BCUT2D eigenvalue weighted by Gasteiger charge is -2.07. The summed E-state index contributed by atoms with van der Waals surface area (Å²) in [5, 5.41) is 5.32. The Morgan fingerprint density at radius 2 is 2.11 bits per heavy atom. The van der Waals surface area contributed by atoms with Gasteiger partial charge in [-0.1, -0.05) is 18.2 Å². The smallest absolute Gasteiger partial charge is 0.154 e. The average Bonchev–Trinajstić information content (AvgIpc) is 2.84. The van der Waals surface area contributed by atoms with E-state index in [4.69, 9.17) is 11.6 Å². The van der Waals surface area contributed by atoms with Crippen molar-refractivity contribution >= 4 is 38.4 Å². The summed E-state index contributed by atoms with van der Waals surface area (Å²) in [5.41, 5.74) is 1.99. The highest BCUT2D eigenvalue weighted by Crippen LogP contribution is 2.22. The van der Waals surface area contributed by atoms with Gasteiger partial charge in [0.25, 0.3) is 0 Å². The van der Waals surface area contributed by atoms with Crippen LogP contribution >= 0.6 is 27.5 Å². The Kier molecular flexibility index (Phi) is 3.06. The molecule has 90 valence electrons. The molecule has 0 spiro atoms. The molecule has 0 fully saturated rings. The van der Waals surface area contributed by atoms with E-state index < -0.39 is 0 Å². The van der Waals surface area contributed by atoms with Crippen LogP contribution in [0.4, 0.5) is 0 Å². The zero-order valence-electron chi connectivity index (χ0n) is 9.35. The zero-order chi connectivity index (χ0) is 12.5. The molecule has 0 atom stereocenters. The van der Waals surface area contributed by atoms with E-state index in [1.54, 1.807) is 10.9 Å². The fourth-order valence-electron chi connectivity index (χ4n) is 1.89. The van der Waals surface area contributed by atoms with Crippen molar-refractivity contribution in [2.24, 2.45) is 0 Å². The summed E-state index contributed by atoms with van der Waals surface area (Å²) in [6.45, 7) is 0. The number of pyridine rings is 1. The van der Waals surface area contributed by atoms with Gasteiger partial charge in [0.2, 0.25) is 0 Å². The first-order valence-corrected chi connectivity index (χ1v) is 6.76. The van der Waals surface area contributed by atoms with Crippen molar-refractivity contribution in [1.29, 1.82) is 0 Å². The maximum atomic E-state index is 6.00. The Morgan fingerprint density at radius 1 is 1.28 bits per heavy atom. The molecule has 0 aliphatic carbocycles. The van der Waals surface area contributed by atoms with Crippen LogP contribution in [0.1, 0.15) is 5.56 Å². The third-order valence-corrected chi connectivity index (χ3v) is 3.42. The van der Waals surface area contributed by atoms with E-state index in [-0.39, 0.29) is 0 Å². The summed E-state index contributed by atoms with van der Waals surface area (Å²) in [4.78, 5) is 4.59. The molecule has 18 heavy (non-hydrogen) atoms. The van der Waals surface area contributed by atoms with Crippen molar-refractivity contribution in [3.05, 3.63) is 52.8 Å². The van der Waals surface area contributed by atoms with Crippen molar-refractivity contribution in [3.63, 3.8) is 0 Å². The monoisotopic (exact) mass is 321 g/mol. The fraction of sp³-hybridized carbons (Fsp3) is 0.0769. The van der Waals surface area contributed by atoms with E-state index in [0.29, 0.717) is 5.88 Å². The van der Waals surface area contributed by atoms with Crippen LogP contribution in [0.25, 0.3) is 16.7 Å². The van der Waals surface area contributed by atoms with Crippen LogP contribution in [0.2, 0.25) is 0 Å². The Hall–Kier alpha value is -1.39. The maximum absolute atomic E-state index is 6.00. The van der Waals surface area contributed by atoms with Crippen LogP contribution < -0.4 is 0 Å². The lowest BCUT2D eigenvalue weighted by atomic mass is 10.1. The number of alkyl halides is 1. The zero-order valence-corrected chi connectivity index (χ0v) is 11.7. The number of aromatic nitrogens is 3. The Labute approximate surface area is 118 Å². The van der Waals surface area contributed by atoms with Gasteiger partial charge in [-0.15, -0.1) is 11.6 Å². The van der Waals surface area contributed by atoms with Gasteiger partial charge in [-0.05, 0) is 33.6 Å². The van der Waals surface area contributed by atoms with E-state index >= 15 is 0 Å². The lowest BCUT2D eigenvalue weighted by molar-refractivity contribution is 0.851. The first-order valence-electron chi connectivity index (χ1n) is 5.43. The van der Waals surface area contributed by atoms with E-state index in [2.05, 4.69) is 26.0 Å². The molecule has 3 rings (SSSR count). The average molecular weight is 323 g/mol. The summed E-state index contributed by atoms with van der Waals surface area (Å²) >= 11 is 9.38. The van der Waals surface area contributed by atoms with Crippen LogP contribution in [0.3, 0.4) is 0 Å². The van der Waals surface area contributed by atoms with Crippen molar-refractivity contribution in [2.75, 3.05) is 0 Å². The van der Waals surface area contributed by atoms with Gasteiger partial charge in [0.15, 0.2) is 5.82 Å². The lowest BCUT2D eigenvalue weighted by Crippen LogP contribution is -2.00. The van der Waals surface area contributed by atoms with Gasteiger partial charge in [-0.2, -0.15) is 5.10 Å². The number of halogens is 2. The highest BCUT2D eigenvalue weighted by molar-refractivity contribution is 9.10. The molecule has 0 radical (unpaired) electrons. The summed E-state index contributed by atoms with van der Waals surface area (Å²) in [6, 6.07) is 9.94. The topological polar surface area (TPSA) is 30.7 Å². The van der Waals surface area contributed by atoms with Crippen LogP contribution in [0.5, 0.6) is 0 Å². The molecule has 0 saturated carbocycles. The van der Waals surface area contributed by atoms with E-state index in [9.17, 15) is 0 Å². The molecule has 0 saturated heterocycles. The molecule has 3 aromatic rings. The van der Waals surface area contributed by atoms with Gasteiger partial charge in [-0.25, -0.2) is 9.67 Å². The Balaban J connectivity index is 2.25. The predicted molar refractivity (Wildman–Crippen MR) is 76.1 cm³/mol. The molecule has 0 bridgehead atoms. The third kappa shape index (κ3) is 2.02. The van der Waals surface area contributed by atoms with Crippen LogP contribution in [0, 0.1) is 0 Å². The van der Waals surface area contributed by atoms with Crippen molar-refractivity contribution in [2.45, 2.75) is 5.88 Å². The number of rotatable bonds is 2. The second-order valence-electron chi connectivity index (χ2n) is 3.89. The molecule has 0 aliphatic heterocycles. The third-order valence-electron chi connectivity index (χ3n) is 2.72. The van der Waals surface area contributed by atoms with Gasteiger partial charge >= 0.3 is 0 Å². The van der Waals surface area contributed by atoms with E-state index in [1.165, 1.54) is 0 Å². The number of fused-ring (bicyclic) bond motifs is 1. The molecule has 1 aromatic carbocycles. The predicted octanol–water partition coefficient (Wildman–Crippen LogP) is 3.92. The van der Waals surface area contributed by atoms with Crippen LogP contribution in [0.15, 0.2) is 47.2 Å². The molecule has 5 heteroatoms. The number of benzene rings is 1. The molecule has 0 N–H and O–H groups in total. The SMILES string of the molecule is ClCc1cc(-n2cc(Br)cn2)nc2ccccc12. The molecule has 3 nitrogen and oxygen atoms in total. The van der Waals surface area contributed by atoms with E-state index in [1.807, 2.05) is 36.5 Å². The molecule has 2 heterocycles. The Bertz CT molecular complexity index is 708. The van der Waals surface area contributed by atoms with Gasteiger partial charge in [-0.3, -0.25) is 0 Å². The van der Waals surface area contributed by atoms with Crippen molar-refractivity contribution in [1.82, 2.24) is 14.8 Å². The number of nitrogens with zero attached hydrogens (tertiary/aromatic N) is 3. The normalized spacial score (nSPS) is 11.0. The standard InChI is InChI=1S/C13H9BrClN3/c14-10-7-16-18(8-10)13-5-9(6-15)11-3-1-2-4-12(11)17-13/h1-5,7-8H,6H2. The second-order valence-corrected chi connectivity index (χ2v) is 5.08. The fourth-order valence-corrected chi connectivity index (χ4v) is 2.39. The number of hydrogen-bond donors (Lipinski definition) is 0. The maximum Gasteiger partial charge on any atom is 0.154 e. The van der Waals surface area contributed by atoms with Crippen molar-refractivity contribution in [3.8, 4) is 5.82 Å². The van der Waals surface area contributed by atoms with Crippen LogP contribution in [-0.2, 0) is 5.88 Å². The summed E-state index contributed by atoms with van der Waals surface area (Å²) in [5.74, 6) is 1.23. The minimum Gasteiger partial charge on any atom is -0.229 e. The number of para-hydroxylation sites is 1. The molecule has 0 unspecified atom stereocenters. The summed E-state index contributed by atoms with van der Waals surface area (Å²) in [7, 11) is 0. The number of hydrogen-bond acceptors (Lipinski definition) is 2. The second kappa shape index (κ2) is 4.71. The minimum absolute atomic E-state index is 0.457. The van der Waals surface area contributed by atoms with Gasteiger partial charge < -0.3 is 0 Å². The molecular weight excluding hydrogens is 314 g/mol. The molecule has 2 aromatic heterocycles. The van der Waals surface area contributed by atoms with Crippen molar-refractivity contribution < 1.29 is 0 Å². The molecule has 0 aliphatic rings. The van der Waals surface area contributed by atoms with Gasteiger partial charge in [0, 0.05) is 17.5 Å². The summed E-state index contributed by atoms with van der Waals surface area (Å²) < 4.78 is 2.65. The van der Waals surface area contributed by atoms with E-state index in [0.717, 1.165) is 26.8 Å². The van der Waals surface area contributed by atoms with Gasteiger partial charge in [0.1, 0.15) is 0 Å². The molecule has 0 amide bonds. The van der Waals surface area contributed by atoms with Gasteiger partial charge in [0.05, 0.1) is 16.2 Å². The quantitative estimate of drug-likeness (QED) is 0.669. The first kappa shape index (κ1) is 11.7. The highest BCUT2D eigenvalue weighted by Gasteiger charge is 2.07. The molecular formula is C13H9BrClN3.